The summed E-state index contributed by atoms with van der Waals surface area (Å²) in [5.74, 6) is -0.513. The number of aliphatic carboxylic acids is 1. The van der Waals surface area contributed by atoms with Crippen LogP contribution in [-0.2, 0) is 27.3 Å². The first kappa shape index (κ1) is 29.3. The van der Waals surface area contributed by atoms with E-state index in [4.69, 9.17) is 9.72 Å². The molecule has 3 aromatic heterocycles. The second-order valence-electron chi connectivity index (χ2n) is 11.5. The molecule has 1 saturated carbocycles. The van der Waals surface area contributed by atoms with Gasteiger partial charge in [0.15, 0.2) is 0 Å². The number of amides is 1. The summed E-state index contributed by atoms with van der Waals surface area (Å²) in [6.07, 6.45) is 9.17. The number of hydrogen-bond acceptors (Lipinski definition) is 6. The first-order chi connectivity index (χ1) is 20.9. The fourth-order valence-corrected chi connectivity index (χ4v) is 7.41. The van der Waals surface area contributed by atoms with E-state index in [0.717, 1.165) is 62.0 Å². The van der Waals surface area contributed by atoms with Crippen molar-refractivity contribution in [2.75, 3.05) is 26.3 Å². The summed E-state index contributed by atoms with van der Waals surface area (Å²) < 4.78 is 7.63. The second kappa shape index (κ2) is 12.8. The highest BCUT2D eigenvalue weighted by molar-refractivity contribution is 7.15. The third-order valence-electron chi connectivity index (χ3n) is 8.60. The summed E-state index contributed by atoms with van der Waals surface area (Å²) in [5, 5.41) is 11.3. The van der Waals surface area contributed by atoms with Crippen molar-refractivity contribution >= 4 is 34.1 Å². The van der Waals surface area contributed by atoms with Crippen molar-refractivity contribution in [3.05, 3.63) is 70.5 Å². The van der Waals surface area contributed by atoms with Crippen LogP contribution in [0.15, 0.2) is 48.6 Å². The molecule has 1 aliphatic carbocycles. The molecule has 0 bridgehead atoms. The maximum absolute atomic E-state index is 13.6. The smallest absolute Gasteiger partial charge is 0.327 e. The number of aryl methyl sites for hydroxylation is 2. The number of carbonyl (C=O) groups is 2. The molecular formula is C34H38N4O4S. The van der Waals surface area contributed by atoms with Gasteiger partial charge in [-0.05, 0) is 68.0 Å². The minimum atomic E-state index is -0.972. The van der Waals surface area contributed by atoms with Crippen LogP contribution in [0.4, 0.5) is 0 Å². The zero-order chi connectivity index (χ0) is 29.9. The summed E-state index contributed by atoms with van der Waals surface area (Å²) in [5.41, 5.74) is 7.17. The number of thiazole rings is 1. The summed E-state index contributed by atoms with van der Waals surface area (Å²) in [4.78, 5) is 37.4. The number of ether oxygens (including phenoxy) is 1. The highest BCUT2D eigenvalue weighted by Gasteiger charge is 2.27. The highest BCUT2D eigenvalue weighted by Crippen LogP contribution is 2.41. The fraction of sp³-hybridized carbons (Fsp3) is 0.412. The Morgan fingerprint density at radius 2 is 1.84 bits per heavy atom. The number of carboxylic acid groups (broad SMARTS) is 1. The van der Waals surface area contributed by atoms with Crippen molar-refractivity contribution in [3.8, 4) is 21.8 Å². The molecule has 2 fully saturated rings. The Labute approximate surface area is 256 Å². The first-order valence-electron chi connectivity index (χ1n) is 15.2. The van der Waals surface area contributed by atoms with Crippen LogP contribution in [-0.4, -0.2) is 62.7 Å². The molecule has 43 heavy (non-hydrogen) atoms. The lowest BCUT2D eigenvalue weighted by molar-refractivity contribution is -0.136. The van der Waals surface area contributed by atoms with Crippen molar-refractivity contribution in [3.63, 3.8) is 0 Å². The van der Waals surface area contributed by atoms with Gasteiger partial charge in [-0.3, -0.25) is 4.79 Å². The topological polar surface area (TPSA) is 97.5 Å². The Morgan fingerprint density at radius 3 is 2.56 bits per heavy atom. The maximum atomic E-state index is 13.6. The van der Waals surface area contributed by atoms with Gasteiger partial charge in [0.05, 0.1) is 45.7 Å². The first-order valence-corrected chi connectivity index (χ1v) is 16.0. The van der Waals surface area contributed by atoms with E-state index in [1.165, 1.54) is 30.9 Å². The van der Waals surface area contributed by atoms with Crippen molar-refractivity contribution in [1.82, 2.24) is 19.4 Å². The van der Waals surface area contributed by atoms with E-state index < -0.39 is 5.97 Å². The largest absolute Gasteiger partial charge is 0.478 e. The third kappa shape index (κ3) is 6.43. The zero-order valence-electron chi connectivity index (χ0n) is 24.8. The maximum Gasteiger partial charge on any atom is 0.327 e. The van der Waals surface area contributed by atoms with E-state index >= 15 is 0 Å². The molecule has 8 nitrogen and oxygen atoms in total. The Bertz CT molecular complexity index is 1680. The van der Waals surface area contributed by atoms with Gasteiger partial charge in [-0.2, -0.15) is 0 Å². The number of carboxylic acids is 1. The van der Waals surface area contributed by atoms with Gasteiger partial charge in [0.25, 0.3) is 0 Å². The van der Waals surface area contributed by atoms with Crippen LogP contribution in [0.2, 0.25) is 0 Å². The van der Waals surface area contributed by atoms with E-state index in [-0.39, 0.29) is 12.5 Å². The molecule has 0 unspecified atom stereocenters. The second-order valence-corrected chi connectivity index (χ2v) is 12.8. The van der Waals surface area contributed by atoms with Crippen LogP contribution in [0.5, 0.6) is 0 Å². The molecule has 9 heteroatoms. The number of carbonyl (C=O) groups excluding carboxylic acids is 1. The minimum Gasteiger partial charge on any atom is -0.478 e. The summed E-state index contributed by atoms with van der Waals surface area (Å²) in [6, 6.07) is 12.8. The van der Waals surface area contributed by atoms with Gasteiger partial charge >= 0.3 is 5.97 Å². The molecule has 4 aromatic rings. The number of benzene rings is 1. The molecule has 1 aromatic carbocycles. The van der Waals surface area contributed by atoms with E-state index in [2.05, 4.69) is 45.9 Å². The van der Waals surface area contributed by atoms with Crippen LogP contribution < -0.4 is 0 Å². The molecule has 1 amide bonds. The zero-order valence-corrected chi connectivity index (χ0v) is 25.7. The molecular weight excluding hydrogens is 560 g/mol. The number of aromatic nitrogens is 3. The Kier molecular flexibility index (Phi) is 8.72. The van der Waals surface area contributed by atoms with Crippen LogP contribution in [0.25, 0.3) is 32.7 Å². The molecule has 0 atom stereocenters. The lowest BCUT2D eigenvalue weighted by Gasteiger charge is -2.28. The Balaban J connectivity index is 1.45. The van der Waals surface area contributed by atoms with Gasteiger partial charge in [-0.1, -0.05) is 37.5 Å². The van der Waals surface area contributed by atoms with Gasteiger partial charge in [-0.15, -0.1) is 11.3 Å². The Hall–Kier alpha value is -3.82. The molecule has 224 valence electrons. The van der Waals surface area contributed by atoms with Crippen LogP contribution in [0.3, 0.4) is 0 Å². The van der Waals surface area contributed by atoms with Gasteiger partial charge in [0.1, 0.15) is 6.54 Å². The summed E-state index contributed by atoms with van der Waals surface area (Å²) in [7, 11) is 0. The molecule has 0 spiro atoms. The van der Waals surface area contributed by atoms with Crippen LogP contribution in [0, 0.1) is 13.8 Å². The average Bonchev–Trinajstić information content (AvgIpc) is 3.55. The number of pyridine rings is 1. The SMILES string of the molecule is Cc1nc(C)c(-c2ccc3cc(-c4c(C5CCCCC5)cc(C/C=C/C(=O)O)n4CC(=O)N4CCOCC4)ccc3n2)s1. The molecule has 6 rings (SSSR count). The molecule has 4 heterocycles. The van der Waals surface area contributed by atoms with Gasteiger partial charge in [0.2, 0.25) is 5.91 Å². The van der Waals surface area contributed by atoms with Crippen LogP contribution in [0.1, 0.15) is 60.0 Å². The van der Waals surface area contributed by atoms with Gasteiger partial charge in [-0.25, -0.2) is 14.8 Å². The lowest BCUT2D eigenvalue weighted by atomic mass is 9.83. The normalized spacial score (nSPS) is 16.4. The van der Waals surface area contributed by atoms with Crippen LogP contribution >= 0.6 is 11.3 Å². The van der Waals surface area contributed by atoms with Crippen molar-refractivity contribution < 1.29 is 19.4 Å². The average molecular weight is 599 g/mol. The highest BCUT2D eigenvalue weighted by atomic mass is 32.1. The summed E-state index contributed by atoms with van der Waals surface area (Å²) in [6.45, 7) is 6.51. The number of fused-ring (bicyclic) bond motifs is 1. The molecule has 0 radical (unpaired) electrons. The number of morpholine rings is 1. The molecule has 1 N–H and O–H groups in total. The lowest BCUT2D eigenvalue weighted by Crippen LogP contribution is -2.42. The Morgan fingerprint density at radius 1 is 1.05 bits per heavy atom. The van der Waals surface area contributed by atoms with E-state index in [1.54, 1.807) is 17.4 Å². The van der Waals surface area contributed by atoms with E-state index in [0.29, 0.717) is 38.6 Å². The fourth-order valence-electron chi connectivity index (χ4n) is 6.52. The number of allylic oxidation sites excluding steroid dienone is 1. The number of nitrogens with zero attached hydrogens (tertiary/aromatic N) is 4. The molecule has 1 saturated heterocycles. The third-order valence-corrected chi connectivity index (χ3v) is 9.70. The predicted octanol–water partition coefficient (Wildman–Crippen LogP) is 6.53. The van der Waals surface area contributed by atoms with Crippen molar-refractivity contribution in [2.45, 2.75) is 64.8 Å². The number of rotatable bonds is 8. The van der Waals surface area contributed by atoms with E-state index in [9.17, 15) is 14.7 Å². The standard InChI is InChI=1S/C34H38N4O4S/c1-22-34(43-23(2)35-22)30-14-11-25-19-26(12-13-29(25)36-30)33-28(24-7-4-3-5-8-24)20-27(9-6-10-32(40)41)38(33)21-31(39)37-15-17-42-18-16-37/h6,10-14,19-20,24H,3-5,7-9,15-18,21H2,1-2H3,(H,40,41)/b10-6+. The van der Waals surface area contributed by atoms with E-state index in [1.807, 2.05) is 18.7 Å². The molecule has 2 aliphatic rings. The van der Waals surface area contributed by atoms with Gasteiger partial charge in [0, 0.05) is 36.7 Å². The quantitative estimate of drug-likeness (QED) is 0.232. The monoisotopic (exact) mass is 598 g/mol. The summed E-state index contributed by atoms with van der Waals surface area (Å²) >= 11 is 1.66. The van der Waals surface area contributed by atoms with Gasteiger partial charge < -0.3 is 19.3 Å². The van der Waals surface area contributed by atoms with Crippen molar-refractivity contribution in [2.24, 2.45) is 0 Å². The minimum absolute atomic E-state index is 0.0566. The predicted molar refractivity (Wildman–Crippen MR) is 169 cm³/mol. The molecule has 1 aliphatic heterocycles. The number of hydrogen-bond donors (Lipinski definition) is 1. The van der Waals surface area contributed by atoms with Crippen molar-refractivity contribution in [1.29, 1.82) is 0 Å².